The molecule has 0 aliphatic carbocycles. The Labute approximate surface area is 294 Å². The van der Waals surface area contributed by atoms with Crippen molar-refractivity contribution >= 4 is 17.7 Å². The Bertz CT molecular complexity index is 1690. The molecule has 1 saturated heterocycles. The summed E-state index contributed by atoms with van der Waals surface area (Å²) in [6.07, 6.45) is 10.4. The number of hydrogen-bond acceptors (Lipinski definition) is 7. The maximum Gasteiger partial charge on any atom is 0.308 e. The van der Waals surface area contributed by atoms with Crippen LogP contribution in [0.3, 0.4) is 0 Å². The number of unbranched alkanes of at least 4 members (excludes halogenated alkanes) is 4. The Balaban J connectivity index is 1.22. The second-order valence-electron chi connectivity index (χ2n) is 12.9. The molecule has 50 heavy (non-hydrogen) atoms. The molecule has 1 N–H and O–H groups in total. The number of nitrogens with zero attached hydrogens (tertiary/aromatic N) is 3. The standard InChI is InChI=1S/C41H47N3O6/c1-3-5-6-7-8-23-50-37-17-13-30(14-18-37)35-26-42-39(43-27-35)32-11-9-29(10-12-32)24-34(40(46)44-22-21-33(28-44)41(47)48)25-38(45)31-15-19-36(20-16-31)49-4-2/h9-20,26-27,33-34H,3-8,21-25,28H2,1-2H3,(H,47,48)/t33-,34+/m0/s1. The quantitative estimate of drug-likeness (QED) is 0.0834. The molecule has 3 aromatic carbocycles. The van der Waals surface area contributed by atoms with Gasteiger partial charge in [-0.2, -0.15) is 0 Å². The van der Waals surface area contributed by atoms with Crippen molar-refractivity contribution in [2.24, 2.45) is 11.8 Å². The average molecular weight is 678 g/mol. The van der Waals surface area contributed by atoms with Crippen LogP contribution in [0.4, 0.5) is 0 Å². The fourth-order valence-electron chi connectivity index (χ4n) is 6.25. The van der Waals surface area contributed by atoms with Crippen molar-refractivity contribution < 1.29 is 29.0 Å². The summed E-state index contributed by atoms with van der Waals surface area (Å²) < 4.78 is 11.4. The van der Waals surface area contributed by atoms with Crippen LogP contribution in [0.15, 0.2) is 85.2 Å². The molecule has 9 nitrogen and oxygen atoms in total. The summed E-state index contributed by atoms with van der Waals surface area (Å²) in [6.45, 7) is 5.89. The molecule has 2 atom stereocenters. The summed E-state index contributed by atoms with van der Waals surface area (Å²) in [7, 11) is 0. The zero-order valence-corrected chi connectivity index (χ0v) is 29.1. The molecule has 2 heterocycles. The number of aliphatic carboxylic acids is 1. The third-order valence-electron chi connectivity index (χ3n) is 9.17. The van der Waals surface area contributed by atoms with Gasteiger partial charge in [0.05, 0.1) is 19.1 Å². The molecule has 9 heteroatoms. The van der Waals surface area contributed by atoms with Crippen LogP contribution in [0.5, 0.6) is 11.5 Å². The van der Waals surface area contributed by atoms with Gasteiger partial charge in [0.25, 0.3) is 0 Å². The Morgan fingerprint density at radius 2 is 1.44 bits per heavy atom. The lowest BCUT2D eigenvalue weighted by Gasteiger charge is -2.23. The molecule has 0 spiro atoms. The van der Waals surface area contributed by atoms with Gasteiger partial charge in [-0.15, -0.1) is 0 Å². The predicted molar refractivity (Wildman–Crippen MR) is 193 cm³/mol. The third-order valence-corrected chi connectivity index (χ3v) is 9.17. The van der Waals surface area contributed by atoms with Gasteiger partial charge >= 0.3 is 5.97 Å². The molecule has 4 aromatic rings. The number of hydrogen-bond donors (Lipinski definition) is 1. The highest BCUT2D eigenvalue weighted by Crippen LogP contribution is 2.27. The van der Waals surface area contributed by atoms with Crippen molar-refractivity contribution in [3.05, 3.63) is 96.3 Å². The molecule has 5 rings (SSSR count). The van der Waals surface area contributed by atoms with E-state index in [-0.39, 0.29) is 24.7 Å². The fraction of sp³-hybridized carbons (Fsp3) is 0.390. The number of carboxylic acids is 1. The van der Waals surface area contributed by atoms with Crippen molar-refractivity contribution in [2.75, 3.05) is 26.3 Å². The minimum atomic E-state index is -0.903. The highest BCUT2D eigenvalue weighted by atomic mass is 16.5. The SMILES string of the molecule is CCCCCCCOc1ccc(-c2cnc(-c3ccc(C[C@H](CC(=O)c4ccc(OCC)cc4)C(=O)N4CC[C@H](C(=O)O)C4)cc3)nc2)cc1. The van der Waals surface area contributed by atoms with E-state index >= 15 is 0 Å². The molecule has 0 radical (unpaired) electrons. The minimum absolute atomic E-state index is 0.0134. The van der Waals surface area contributed by atoms with Gasteiger partial charge in [-0.05, 0) is 73.7 Å². The number of ketones is 1. The lowest BCUT2D eigenvalue weighted by Crippen LogP contribution is -2.37. The maximum absolute atomic E-state index is 13.7. The first-order chi connectivity index (χ1) is 24.3. The van der Waals surface area contributed by atoms with Crippen LogP contribution < -0.4 is 9.47 Å². The summed E-state index contributed by atoms with van der Waals surface area (Å²) in [6, 6.07) is 22.6. The van der Waals surface area contributed by atoms with E-state index in [1.807, 2.05) is 67.8 Å². The summed E-state index contributed by atoms with van der Waals surface area (Å²) >= 11 is 0. The van der Waals surface area contributed by atoms with Crippen LogP contribution in [0.25, 0.3) is 22.5 Å². The van der Waals surface area contributed by atoms with Crippen molar-refractivity contribution in [2.45, 2.75) is 65.2 Å². The van der Waals surface area contributed by atoms with Crippen LogP contribution in [0.1, 0.15) is 74.7 Å². The molecule has 0 saturated carbocycles. The first-order valence-electron chi connectivity index (χ1n) is 17.8. The van der Waals surface area contributed by atoms with E-state index in [9.17, 15) is 19.5 Å². The minimum Gasteiger partial charge on any atom is -0.494 e. The fourth-order valence-corrected chi connectivity index (χ4v) is 6.25. The molecular formula is C41H47N3O6. The molecule has 1 aromatic heterocycles. The summed E-state index contributed by atoms with van der Waals surface area (Å²) in [4.78, 5) is 49.4. The first kappa shape index (κ1) is 36.2. The van der Waals surface area contributed by atoms with Gasteiger partial charge in [0, 0.05) is 54.5 Å². The van der Waals surface area contributed by atoms with Gasteiger partial charge in [-0.25, -0.2) is 9.97 Å². The number of aromatic nitrogens is 2. The second kappa shape index (κ2) is 18.1. The van der Waals surface area contributed by atoms with Crippen LogP contribution in [0, 0.1) is 11.8 Å². The largest absolute Gasteiger partial charge is 0.494 e. The number of amides is 1. The summed E-state index contributed by atoms with van der Waals surface area (Å²) in [5.74, 6) is -0.353. The monoisotopic (exact) mass is 677 g/mol. The van der Waals surface area contributed by atoms with Gasteiger partial charge in [-0.3, -0.25) is 14.4 Å². The second-order valence-corrected chi connectivity index (χ2v) is 12.9. The van der Waals surface area contributed by atoms with Gasteiger partial charge in [-0.1, -0.05) is 69.0 Å². The lowest BCUT2D eigenvalue weighted by molar-refractivity contribution is -0.141. The number of carboxylic acid groups (broad SMARTS) is 1. The van der Waals surface area contributed by atoms with Crippen molar-refractivity contribution in [3.8, 4) is 34.0 Å². The highest BCUT2D eigenvalue weighted by Gasteiger charge is 2.35. The molecule has 1 aliphatic rings. The zero-order valence-electron chi connectivity index (χ0n) is 29.1. The Kier molecular flexibility index (Phi) is 13.1. The third kappa shape index (κ3) is 10.00. The van der Waals surface area contributed by atoms with Crippen LogP contribution in [0.2, 0.25) is 0 Å². The Morgan fingerprint density at radius 3 is 2.08 bits per heavy atom. The molecule has 262 valence electrons. The van der Waals surface area contributed by atoms with Crippen LogP contribution >= 0.6 is 0 Å². The van der Waals surface area contributed by atoms with Crippen molar-refractivity contribution in [1.82, 2.24) is 14.9 Å². The summed E-state index contributed by atoms with van der Waals surface area (Å²) in [5.41, 5.74) is 4.14. The lowest BCUT2D eigenvalue weighted by atomic mass is 9.90. The molecular weight excluding hydrogens is 630 g/mol. The van der Waals surface area contributed by atoms with Crippen molar-refractivity contribution in [1.29, 1.82) is 0 Å². The Morgan fingerprint density at radius 1 is 0.800 bits per heavy atom. The zero-order chi connectivity index (χ0) is 35.3. The average Bonchev–Trinajstić information content (AvgIpc) is 3.65. The molecule has 1 amide bonds. The number of carbonyl (C=O) groups is 3. The summed E-state index contributed by atoms with van der Waals surface area (Å²) in [5, 5.41) is 9.48. The maximum atomic E-state index is 13.7. The van der Waals surface area contributed by atoms with Crippen molar-refractivity contribution in [3.63, 3.8) is 0 Å². The van der Waals surface area contributed by atoms with Gasteiger partial charge in [0.2, 0.25) is 5.91 Å². The predicted octanol–water partition coefficient (Wildman–Crippen LogP) is 7.92. The number of benzene rings is 3. The first-order valence-corrected chi connectivity index (χ1v) is 17.8. The van der Waals surface area contributed by atoms with E-state index in [4.69, 9.17) is 9.47 Å². The number of carbonyl (C=O) groups excluding carboxylic acids is 2. The van der Waals surface area contributed by atoms with Gasteiger partial charge in [0.1, 0.15) is 11.5 Å². The normalized spacial score (nSPS) is 14.7. The molecule has 0 bridgehead atoms. The number of rotatable bonds is 18. The number of Topliss-reactive ketones (excluding diaryl/α,β-unsaturated/α-hetero) is 1. The van der Waals surface area contributed by atoms with Gasteiger partial charge in [0.15, 0.2) is 11.6 Å². The highest BCUT2D eigenvalue weighted by molar-refractivity contribution is 5.99. The van der Waals surface area contributed by atoms with E-state index in [0.717, 1.165) is 41.0 Å². The number of ether oxygens (including phenoxy) is 2. The van der Waals surface area contributed by atoms with Gasteiger partial charge < -0.3 is 19.5 Å². The van der Waals surface area contributed by atoms with E-state index in [1.54, 1.807) is 29.2 Å². The van der Waals surface area contributed by atoms with E-state index in [0.29, 0.717) is 43.1 Å². The molecule has 0 unspecified atom stereocenters. The molecule has 1 fully saturated rings. The van der Waals surface area contributed by atoms with E-state index in [1.165, 1.54) is 25.7 Å². The topological polar surface area (TPSA) is 119 Å². The number of likely N-dealkylation sites (tertiary alicyclic amines) is 1. The van der Waals surface area contributed by atoms with Crippen LogP contribution in [-0.4, -0.2) is 63.9 Å². The smallest absolute Gasteiger partial charge is 0.308 e. The van der Waals surface area contributed by atoms with E-state index < -0.39 is 17.8 Å². The van der Waals surface area contributed by atoms with E-state index in [2.05, 4.69) is 16.9 Å². The van der Waals surface area contributed by atoms with Crippen LogP contribution in [-0.2, 0) is 16.0 Å². The molecule has 1 aliphatic heterocycles. The Hall–Kier alpha value is -5.05.